The lowest BCUT2D eigenvalue weighted by molar-refractivity contribution is -0.133. The van der Waals surface area contributed by atoms with E-state index < -0.39 is 11.1 Å². The maximum atomic E-state index is 13.1. The van der Waals surface area contributed by atoms with Gasteiger partial charge in [0, 0.05) is 16.8 Å². The molecule has 0 aromatic heterocycles. The highest BCUT2D eigenvalue weighted by molar-refractivity contribution is 6.08. The molecule has 170 valence electrons. The molecule has 0 atom stereocenters. The van der Waals surface area contributed by atoms with Gasteiger partial charge in [0.05, 0.1) is 5.69 Å². The quantitative estimate of drug-likeness (QED) is 0.758. The number of benzene rings is 2. The topological polar surface area (TPSA) is 87.7 Å². The molecule has 0 saturated carbocycles. The predicted octanol–water partition coefficient (Wildman–Crippen LogP) is 3.97. The largest absolute Gasteiger partial charge is 0.476 e. The number of hydrogen-bond donors (Lipinski definition) is 2. The van der Waals surface area contributed by atoms with Crippen molar-refractivity contribution in [3.05, 3.63) is 53.1 Å². The van der Waals surface area contributed by atoms with E-state index in [4.69, 9.17) is 4.74 Å². The van der Waals surface area contributed by atoms with Gasteiger partial charge in [0.1, 0.15) is 12.3 Å². The van der Waals surface area contributed by atoms with Crippen molar-refractivity contribution in [2.24, 2.45) is 0 Å². The number of nitrogens with zero attached hydrogens (tertiary/aromatic N) is 1. The molecule has 3 rings (SSSR count). The zero-order chi connectivity index (χ0) is 23.8. The van der Waals surface area contributed by atoms with Crippen LogP contribution in [-0.2, 0) is 9.59 Å². The number of fused-ring (bicyclic) bond motifs is 1. The molecule has 2 aromatic carbocycles. The number of ether oxygens (including phenoxy) is 1. The molecule has 1 heterocycles. The van der Waals surface area contributed by atoms with Crippen LogP contribution in [0.2, 0.25) is 0 Å². The van der Waals surface area contributed by atoms with Crippen LogP contribution in [0.15, 0.2) is 36.4 Å². The first kappa shape index (κ1) is 23.3. The van der Waals surface area contributed by atoms with E-state index in [0.29, 0.717) is 22.7 Å². The van der Waals surface area contributed by atoms with E-state index in [1.54, 1.807) is 32.0 Å². The number of nitrogens with one attached hydrogen (secondary N) is 2. The number of aryl methyl sites for hydroxylation is 2. The SMILES string of the molecule is Cc1ccc(NC(=O)CN2C(=O)C(C)(C)Oc3ccc(C(=O)NC(C)(C)C)cc32)cc1C. The Labute approximate surface area is 189 Å². The van der Waals surface area contributed by atoms with E-state index in [2.05, 4.69) is 10.6 Å². The first-order chi connectivity index (χ1) is 14.8. The van der Waals surface area contributed by atoms with Gasteiger partial charge in [0.15, 0.2) is 5.60 Å². The minimum absolute atomic E-state index is 0.199. The van der Waals surface area contributed by atoms with Crippen molar-refractivity contribution in [3.63, 3.8) is 0 Å². The summed E-state index contributed by atoms with van der Waals surface area (Å²) in [5.74, 6) is -0.513. The number of anilines is 2. The summed E-state index contributed by atoms with van der Waals surface area (Å²) in [5.41, 5.74) is 2.09. The van der Waals surface area contributed by atoms with Crippen LogP contribution in [0.3, 0.4) is 0 Å². The molecule has 0 radical (unpaired) electrons. The van der Waals surface area contributed by atoms with Gasteiger partial charge in [-0.2, -0.15) is 0 Å². The van der Waals surface area contributed by atoms with Crippen LogP contribution in [0.4, 0.5) is 11.4 Å². The highest BCUT2D eigenvalue weighted by Crippen LogP contribution is 2.38. The molecular formula is C25H31N3O4. The van der Waals surface area contributed by atoms with Crippen molar-refractivity contribution in [3.8, 4) is 5.75 Å². The summed E-state index contributed by atoms with van der Waals surface area (Å²) in [7, 11) is 0. The Balaban J connectivity index is 1.90. The molecule has 3 amide bonds. The second kappa shape index (κ2) is 8.30. The maximum Gasteiger partial charge on any atom is 0.271 e. The van der Waals surface area contributed by atoms with Gasteiger partial charge in [-0.3, -0.25) is 19.3 Å². The van der Waals surface area contributed by atoms with Crippen LogP contribution in [-0.4, -0.2) is 35.4 Å². The summed E-state index contributed by atoms with van der Waals surface area (Å²) in [6.07, 6.45) is 0. The molecule has 2 aromatic rings. The summed E-state index contributed by atoms with van der Waals surface area (Å²) >= 11 is 0. The van der Waals surface area contributed by atoms with Crippen LogP contribution >= 0.6 is 0 Å². The third-order valence-corrected chi connectivity index (χ3v) is 5.22. The first-order valence-electron chi connectivity index (χ1n) is 10.6. The molecule has 7 heteroatoms. The lowest BCUT2D eigenvalue weighted by atomic mass is 10.0. The minimum atomic E-state index is -1.14. The molecule has 0 unspecified atom stereocenters. The fourth-order valence-corrected chi connectivity index (χ4v) is 3.44. The van der Waals surface area contributed by atoms with Crippen LogP contribution in [0.1, 0.15) is 56.1 Å². The highest BCUT2D eigenvalue weighted by Gasteiger charge is 2.42. The Morgan fingerprint density at radius 3 is 2.34 bits per heavy atom. The summed E-state index contributed by atoms with van der Waals surface area (Å²) in [4.78, 5) is 40.0. The van der Waals surface area contributed by atoms with Crippen molar-refractivity contribution >= 4 is 29.1 Å². The van der Waals surface area contributed by atoms with Gasteiger partial charge in [-0.1, -0.05) is 6.07 Å². The second-order valence-corrected chi connectivity index (χ2v) is 9.74. The Kier molecular flexibility index (Phi) is 6.05. The van der Waals surface area contributed by atoms with Gasteiger partial charge in [-0.05, 0) is 89.9 Å². The Bertz CT molecular complexity index is 1080. The van der Waals surface area contributed by atoms with Crippen molar-refractivity contribution in [2.45, 2.75) is 59.6 Å². The normalized spacial score (nSPS) is 15.0. The van der Waals surface area contributed by atoms with Crippen LogP contribution in [0.5, 0.6) is 5.75 Å². The number of amides is 3. The van der Waals surface area contributed by atoms with Gasteiger partial charge in [-0.15, -0.1) is 0 Å². The van der Waals surface area contributed by atoms with Crippen molar-refractivity contribution in [1.29, 1.82) is 0 Å². The average Bonchev–Trinajstić information content (AvgIpc) is 2.66. The number of carbonyl (C=O) groups is 3. The summed E-state index contributed by atoms with van der Waals surface area (Å²) in [6, 6.07) is 10.6. The predicted molar refractivity (Wildman–Crippen MR) is 125 cm³/mol. The van der Waals surface area contributed by atoms with Gasteiger partial charge in [-0.25, -0.2) is 0 Å². The number of hydrogen-bond acceptors (Lipinski definition) is 4. The smallest absolute Gasteiger partial charge is 0.271 e. The monoisotopic (exact) mass is 437 g/mol. The standard InChI is InChI=1S/C25H31N3O4/c1-15-8-10-18(12-16(15)2)26-21(29)14-28-19-13-17(22(30)27-24(3,4)5)9-11-20(19)32-25(6,7)23(28)31/h8-13H,14H2,1-7H3,(H,26,29)(H,27,30). The lowest BCUT2D eigenvalue weighted by Gasteiger charge is -2.38. The van der Waals surface area contributed by atoms with Crippen molar-refractivity contribution in [1.82, 2.24) is 5.32 Å². The second-order valence-electron chi connectivity index (χ2n) is 9.74. The molecule has 2 N–H and O–H groups in total. The number of rotatable bonds is 4. The van der Waals surface area contributed by atoms with Crippen LogP contribution < -0.4 is 20.3 Å². The van der Waals surface area contributed by atoms with Gasteiger partial charge in [0.2, 0.25) is 5.91 Å². The molecule has 0 saturated heterocycles. The average molecular weight is 438 g/mol. The van der Waals surface area contributed by atoms with E-state index in [-0.39, 0.29) is 24.3 Å². The fourth-order valence-electron chi connectivity index (χ4n) is 3.44. The maximum absolute atomic E-state index is 13.1. The molecule has 1 aliphatic rings. The minimum Gasteiger partial charge on any atom is -0.476 e. The third kappa shape index (κ3) is 5.10. The summed E-state index contributed by atoms with van der Waals surface area (Å²) < 4.78 is 5.87. The van der Waals surface area contributed by atoms with E-state index in [9.17, 15) is 14.4 Å². The Hall–Kier alpha value is -3.35. The molecule has 0 aliphatic carbocycles. The van der Waals surface area contributed by atoms with E-state index in [1.807, 2.05) is 52.8 Å². The molecule has 1 aliphatic heterocycles. The third-order valence-electron chi connectivity index (χ3n) is 5.22. The van der Waals surface area contributed by atoms with Crippen molar-refractivity contribution in [2.75, 3.05) is 16.8 Å². The van der Waals surface area contributed by atoms with Crippen molar-refractivity contribution < 1.29 is 19.1 Å². The zero-order valence-corrected chi connectivity index (χ0v) is 19.8. The van der Waals surface area contributed by atoms with E-state index in [1.165, 1.54) is 4.90 Å². The summed E-state index contributed by atoms with van der Waals surface area (Å²) in [5, 5.41) is 5.76. The molecule has 7 nitrogen and oxygen atoms in total. The van der Waals surface area contributed by atoms with Gasteiger partial charge < -0.3 is 15.4 Å². The molecule has 32 heavy (non-hydrogen) atoms. The molecular weight excluding hydrogens is 406 g/mol. The molecule has 0 bridgehead atoms. The van der Waals surface area contributed by atoms with E-state index >= 15 is 0 Å². The fraction of sp³-hybridized carbons (Fsp3) is 0.400. The number of carbonyl (C=O) groups excluding carboxylic acids is 3. The van der Waals surface area contributed by atoms with Gasteiger partial charge >= 0.3 is 0 Å². The van der Waals surface area contributed by atoms with Crippen LogP contribution in [0, 0.1) is 13.8 Å². The molecule has 0 spiro atoms. The van der Waals surface area contributed by atoms with Gasteiger partial charge in [0.25, 0.3) is 11.8 Å². The lowest BCUT2D eigenvalue weighted by Crippen LogP contribution is -2.54. The summed E-state index contributed by atoms with van der Waals surface area (Å²) in [6.45, 7) is 12.8. The van der Waals surface area contributed by atoms with E-state index in [0.717, 1.165) is 11.1 Å². The highest BCUT2D eigenvalue weighted by atomic mass is 16.5. The Morgan fingerprint density at radius 1 is 1.03 bits per heavy atom. The Morgan fingerprint density at radius 2 is 1.72 bits per heavy atom. The molecule has 0 fully saturated rings. The van der Waals surface area contributed by atoms with Crippen LogP contribution in [0.25, 0.3) is 0 Å². The zero-order valence-electron chi connectivity index (χ0n) is 19.8. The first-order valence-corrected chi connectivity index (χ1v) is 10.6.